The standard InChI is InChI=1S/C20H23N3O3/c1-4-23-17-8-7-15(22-19(24)13(2)3)10-14(17)11-18(23)20(25)21-12-16-6-5-9-26-16/h5-11,13H,4,12H2,1-3H3,(H,21,25)(H,22,24). The van der Waals surface area contributed by atoms with Gasteiger partial charge in [-0.25, -0.2) is 0 Å². The van der Waals surface area contributed by atoms with Crippen LogP contribution >= 0.6 is 0 Å². The van der Waals surface area contributed by atoms with E-state index in [2.05, 4.69) is 10.6 Å². The first kappa shape index (κ1) is 17.8. The zero-order valence-electron chi connectivity index (χ0n) is 15.2. The molecule has 3 aromatic rings. The van der Waals surface area contributed by atoms with Gasteiger partial charge >= 0.3 is 0 Å². The highest BCUT2D eigenvalue weighted by molar-refractivity contribution is 6.00. The summed E-state index contributed by atoms with van der Waals surface area (Å²) < 4.78 is 7.20. The molecule has 0 radical (unpaired) electrons. The van der Waals surface area contributed by atoms with Crippen molar-refractivity contribution >= 4 is 28.4 Å². The second-order valence-corrected chi connectivity index (χ2v) is 6.45. The quantitative estimate of drug-likeness (QED) is 0.708. The Balaban J connectivity index is 1.85. The van der Waals surface area contributed by atoms with Crippen LogP contribution in [-0.4, -0.2) is 16.4 Å². The fourth-order valence-electron chi connectivity index (χ4n) is 2.84. The Bertz CT molecular complexity index is 923. The molecule has 26 heavy (non-hydrogen) atoms. The summed E-state index contributed by atoms with van der Waals surface area (Å²) in [7, 11) is 0. The number of nitrogens with zero attached hydrogens (tertiary/aromatic N) is 1. The number of aryl methyl sites for hydroxylation is 1. The van der Waals surface area contributed by atoms with Crippen molar-refractivity contribution < 1.29 is 14.0 Å². The molecule has 0 spiro atoms. The van der Waals surface area contributed by atoms with E-state index >= 15 is 0 Å². The van der Waals surface area contributed by atoms with Crippen LogP contribution in [0.1, 0.15) is 37.0 Å². The van der Waals surface area contributed by atoms with E-state index in [9.17, 15) is 9.59 Å². The molecular weight excluding hydrogens is 330 g/mol. The number of carbonyl (C=O) groups is 2. The second kappa shape index (κ2) is 7.47. The van der Waals surface area contributed by atoms with Crippen molar-refractivity contribution in [1.29, 1.82) is 0 Å². The topological polar surface area (TPSA) is 76.3 Å². The van der Waals surface area contributed by atoms with Crippen LogP contribution in [0, 0.1) is 5.92 Å². The van der Waals surface area contributed by atoms with Crippen LogP contribution in [0.4, 0.5) is 5.69 Å². The monoisotopic (exact) mass is 353 g/mol. The lowest BCUT2D eigenvalue weighted by atomic mass is 10.2. The molecular formula is C20H23N3O3. The number of carbonyl (C=O) groups excluding carboxylic acids is 2. The van der Waals surface area contributed by atoms with Crippen LogP contribution in [0.25, 0.3) is 10.9 Å². The van der Waals surface area contributed by atoms with Crippen molar-refractivity contribution in [2.45, 2.75) is 33.9 Å². The largest absolute Gasteiger partial charge is 0.467 e. The fourth-order valence-corrected chi connectivity index (χ4v) is 2.84. The Morgan fingerprint density at radius 1 is 1.19 bits per heavy atom. The van der Waals surface area contributed by atoms with Crippen molar-refractivity contribution in [3.8, 4) is 0 Å². The Morgan fingerprint density at radius 2 is 2.00 bits per heavy atom. The summed E-state index contributed by atoms with van der Waals surface area (Å²) in [6.45, 7) is 6.71. The Hall–Kier alpha value is -3.02. The third-order valence-corrected chi connectivity index (χ3v) is 4.25. The van der Waals surface area contributed by atoms with E-state index in [1.54, 1.807) is 12.3 Å². The van der Waals surface area contributed by atoms with Crippen molar-refractivity contribution in [1.82, 2.24) is 9.88 Å². The van der Waals surface area contributed by atoms with Gasteiger partial charge in [-0.05, 0) is 43.3 Å². The van der Waals surface area contributed by atoms with Crippen LogP contribution in [-0.2, 0) is 17.9 Å². The molecule has 0 saturated heterocycles. The summed E-state index contributed by atoms with van der Waals surface area (Å²) in [6, 6.07) is 11.1. The van der Waals surface area contributed by atoms with Crippen molar-refractivity contribution in [3.05, 3.63) is 54.1 Å². The predicted octanol–water partition coefficient (Wildman–Crippen LogP) is 3.78. The summed E-state index contributed by atoms with van der Waals surface area (Å²) in [5, 5.41) is 6.68. The predicted molar refractivity (Wildman–Crippen MR) is 101 cm³/mol. The Morgan fingerprint density at radius 3 is 2.65 bits per heavy atom. The zero-order chi connectivity index (χ0) is 18.7. The minimum atomic E-state index is -0.160. The van der Waals surface area contributed by atoms with E-state index in [1.807, 2.05) is 55.7 Å². The van der Waals surface area contributed by atoms with E-state index < -0.39 is 0 Å². The average molecular weight is 353 g/mol. The van der Waals surface area contributed by atoms with Gasteiger partial charge in [0.2, 0.25) is 5.91 Å². The molecule has 3 rings (SSSR count). The van der Waals surface area contributed by atoms with Gasteiger partial charge in [0.05, 0.1) is 12.8 Å². The molecule has 0 aliphatic heterocycles. The lowest BCUT2D eigenvalue weighted by Crippen LogP contribution is -2.25. The van der Waals surface area contributed by atoms with Gasteiger partial charge in [0.25, 0.3) is 5.91 Å². The molecule has 6 heteroatoms. The Kier molecular flexibility index (Phi) is 5.11. The SMILES string of the molecule is CCn1c(C(=O)NCc2ccco2)cc2cc(NC(=O)C(C)C)ccc21. The fraction of sp³-hybridized carbons (Fsp3) is 0.300. The van der Waals surface area contributed by atoms with Crippen LogP contribution < -0.4 is 10.6 Å². The lowest BCUT2D eigenvalue weighted by molar-refractivity contribution is -0.118. The van der Waals surface area contributed by atoms with Crippen LogP contribution in [0.3, 0.4) is 0 Å². The number of aromatic nitrogens is 1. The molecule has 0 atom stereocenters. The first-order valence-corrected chi connectivity index (χ1v) is 8.74. The zero-order valence-corrected chi connectivity index (χ0v) is 15.2. The maximum absolute atomic E-state index is 12.6. The molecule has 0 aliphatic rings. The van der Waals surface area contributed by atoms with Gasteiger partial charge in [0.15, 0.2) is 0 Å². The third kappa shape index (κ3) is 3.64. The first-order valence-electron chi connectivity index (χ1n) is 8.74. The smallest absolute Gasteiger partial charge is 0.268 e. The number of benzene rings is 1. The highest BCUT2D eigenvalue weighted by atomic mass is 16.3. The highest BCUT2D eigenvalue weighted by Gasteiger charge is 2.16. The molecule has 2 heterocycles. The Labute approximate surface area is 152 Å². The van der Waals surface area contributed by atoms with Gasteiger partial charge in [-0.15, -0.1) is 0 Å². The molecule has 0 aliphatic carbocycles. The van der Waals surface area contributed by atoms with E-state index in [-0.39, 0.29) is 17.7 Å². The number of amides is 2. The summed E-state index contributed by atoms with van der Waals surface area (Å²) in [5.74, 6) is 0.424. The number of nitrogens with one attached hydrogen (secondary N) is 2. The molecule has 136 valence electrons. The highest BCUT2D eigenvalue weighted by Crippen LogP contribution is 2.24. The molecule has 0 saturated carbocycles. The van der Waals surface area contributed by atoms with Crippen molar-refractivity contribution in [2.75, 3.05) is 5.32 Å². The van der Waals surface area contributed by atoms with Crippen LogP contribution in [0.5, 0.6) is 0 Å². The van der Waals surface area contributed by atoms with E-state index in [1.165, 1.54) is 0 Å². The molecule has 2 amide bonds. The summed E-state index contributed by atoms with van der Waals surface area (Å²) in [4.78, 5) is 24.5. The average Bonchev–Trinajstić information content (AvgIpc) is 3.26. The maximum atomic E-state index is 12.6. The third-order valence-electron chi connectivity index (χ3n) is 4.25. The van der Waals surface area contributed by atoms with Crippen molar-refractivity contribution in [2.24, 2.45) is 5.92 Å². The number of fused-ring (bicyclic) bond motifs is 1. The van der Waals surface area contributed by atoms with E-state index in [4.69, 9.17) is 4.42 Å². The molecule has 0 bridgehead atoms. The summed E-state index contributed by atoms with van der Waals surface area (Å²) in [6.07, 6.45) is 1.58. The normalized spacial score (nSPS) is 11.1. The van der Waals surface area contributed by atoms with Gasteiger partial charge in [-0.1, -0.05) is 13.8 Å². The van der Waals surface area contributed by atoms with E-state index in [0.29, 0.717) is 24.5 Å². The van der Waals surface area contributed by atoms with E-state index in [0.717, 1.165) is 16.6 Å². The summed E-state index contributed by atoms with van der Waals surface area (Å²) in [5.41, 5.74) is 2.27. The second-order valence-electron chi connectivity index (χ2n) is 6.45. The van der Waals surface area contributed by atoms with Gasteiger partial charge in [0, 0.05) is 29.1 Å². The van der Waals surface area contributed by atoms with Crippen LogP contribution in [0.15, 0.2) is 47.1 Å². The number of rotatable bonds is 6. The first-order chi connectivity index (χ1) is 12.5. The minimum absolute atomic E-state index is 0.0318. The lowest BCUT2D eigenvalue weighted by Gasteiger charge is -2.09. The number of furan rings is 1. The molecule has 6 nitrogen and oxygen atoms in total. The molecule has 2 aromatic heterocycles. The molecule has 0 unspecified atom stereocenters. The maximum Gasteiger partial charge on any atom is 0.268 e. The minimum Gasteiger partial charge on any atom is -0.467 e. The molecule has 0 fully saturated rings. The van der Waals surface area contributed by atoms with Gasteiger partial charge in [-0.3, -0.25) is 9.59 Å². The van der Waals surface area contributed by atoms with Gasteiger partial charge in [-0.2, -0.15) is 0 Å². The molecule has 2 N–H and O–H groups in total. The number of hydrogen-bond donors (Lipinski definition) is 2. The molecule has 1 aromatic carbocycles. The number of hydrogen-bond acceptors (Lipinski definition) is 3. The van der Waals surface area contributed by atoms with Gasteiger partial charge in [0.1, 0.15) is 11.5 Å². The van der Waals surface area contributed by atoms with Gasteiger partial charge < -0.3 is 19.6 Å². The summed E-state index contributed by atoms with van der Waals surface area (Å²) >= 11 is 0. The van der Waals surface area contributed by atoms with Crippen LogP contribution in [0.2, 0.25) is 0 Å². The van der Waals surface area contributed by atoms with Crippen molar-refractivity contribution in [3.63, 3.8) is 0 Å². The number of anilines is 1.